The third kappa shape index (κ3) is 26.9. The van der Waals surface area contributed by atoms with E-state index < -0.39 is 85.6 Å². The van der Waals surface area contributed by atoms with E-state index >= 15 is 0 Å². The van der Waals surface area contributed by atoms with Crippen LogP contribution in [0, 0.1) is 12.8 Å². The summed E-state index contributed by atoms with van der Waals surface area (Å²) in [5.74, 6) is -9.31. The molecule has 0 unspecified atom stereocenters. The molecule has 0 aromatic heterocycles. The zero-order valence-electron chi connectivity index (χ0n) is 33.6. The standard InChI is InChI=1S/C39H64N4O13S2/c1-29-21-23-30(24-22-29)38(49)41-25-17-16-18-32(37(40)48)43-39(50)31(27-57(51,52)53)26-34(44)33(28-58(54,55)56)42-35(45)19-14-12-10-8-6-4-2-3-5-7-9-11-13-15-20-36(46)47/h21-24,31-33H,2-20,25-28H2,1H3,(H2,40,48)(H,41,49)(H,42,45)(H,43,50)(H,46,47)(H,51,52,53)(H,54,55,56)/t31-,32-,33-/m0/s1. The molecule has 19 heteroatoms. The second kappa shape index (κ2) is 28.5. The molecule has 3 atom stereocenters. The Labute approximate surface area is 342 Å². The number of rotatable bonds is 34. The molecule has 58 heavy (non-hydrogen) atoms. The molecule has 4 amide bonds. The minimum Gasteiger partial charge on any atom is -0.481 e. The summed E-state index contributed by atoms with van der Waals surface area (Å²) in [4.78, 5) is 74.1. The van der Waals surface area contributed by atoms with E-state index in [2.05, 4.69) is 16.0 Å². The second-order valence-electron chi connectivity index (χ2n) is 14.9. The lowest BCUT2D eigenvalue weighted by molar-refractivity contribution is -0.137. The highest BCUT2D eigenvalue weighted by molar-refractivity contribution is 7.86. The summed E-state index contributed by atoms with van der Waals surface area (Å²) in [6.07, 6.45) is 13.4. The fourth-order valence-electron chi connectivity index (χ4n) is 6.30. The molecule has 0 radical (unpaired) electrons. The van der Waals surface area contributed by atoms with E-state index in [4.69, 9.17) is 10.8 Å². The van der Waals surface area contributed by atoms with Crippen LogP contribution in [0.15, 0.2) is 24.3 Å². The zero-order valence-corrected chi connectivity index (χ0v) is 35.3. The number of hydrogen-bond donors (Lipinski definition) is 7. The van der Waals surface area contributed by atoms with Crippen LogP contribution in [0.4, 0.5) is 0 Å². The minimum atomic E-state index is -4.89. The number of carbonyl (C=O) groups is 6. The van der Waals surface area contributed by atoms with Crippen LogP contribution >= 0.6 is 0 Å². The fourth-order valence-corrected chi connectivity index (χ4v) is 7.77. The second-order valence-corrected chi connectivity index (χ2v) is 17.9. The summed E-state index contributed by atoms with van der Waals surface area (Å²) in [6, 6.07) is 3.77. The molecule has 0 heterocycles. The third-order valence-corrected chi connectivity index (χ3v) is 11.1. The first kappa shape index (κ1) is 52.1. The van der Waals surface area contributed by atoms with E-state index in [-0.39, 0.29) is 38.1 Å². The van der Waals surface area contributed by atoms with Crippen molar-refractivity contribution >= 4 is 55.6 Å². The highest BCUT2D eigenvalue weighted by Gasteiger charge is 2.34. The summed E-state index contributed by atoms with van der Waals surface area (Å²) < 4.78 is 66.1. The molecule has 1 aromatic carbocycles. The Morgan fingerprint density at radius 3 is 1.59 bits per heavy atom. The number of primary amides is 1. The first-order valence-corrected chi connectivity index (χ1v) is 23.4. The van der Waals surface area contributed by atoms with Gasteiger partial charge in [0.25, 0.3) is 26.1 Å². The Morgan fingerprint density at radius 1 is 0.638 bits per heavy atom. The van der Waals surface area contributed by atoms with E-state index in [0.29, 0.717) is 24.8 Å². The van der Waals surface area contributed by atoms with E-state index in [1.165, 1.54) is 0 Å². The van der Waals surface area contributed by atoms with Gasteiger partial charge >= 0.3 is 5.97 Å². The monoisotopic (exact) mass is 860 g/mol. The van der Waals surface area contributed by atoms with Crippen LogP contribution in [0.25, 0.3) is 0 Å². The van der Waals surface area contributed by atoms with Crippen molar-refractivity contribution in [3.05, 3.63) is 35.4 Å². The maximum Gasteiger partial charge on any atom is 0.303 e. The molecular formula is C39H64N4O13S2. The van der Waals surface area contributed by atoms with Crippen molar-refractivity contribution in [1.29, 1.82) is 0 Å². The van der Waals surface area contributed by atoms with Crippen LogP contribution in [0.5, 0.6) is 0 Å². The van der Waals surface area contributed by atoms with Crippen molar-refractivity contribution in [2.24, 2.45) is 11.7 Å². The molecular weight excluding hydrogens is 797 g/mol. The molecule has 0 aliphatic rings. The Bertz CT molecular complexity index is 1670. The largest absolute Gasteiger partial charge is 0.481 e. The van der Waals surface area contributed by atoms with Gasteiger partial charge in [0.1, 0.15) is 17.8 Å². The van der Waals surface area contributed by atoms with Crippen LogP contribution in [-0.2, 0) is 44.2 Å². The fraction of sp³-hybridized carbons (Fsp3) is 0.692. The number of aliphatic carboxylic acids is 1. The minimum absolute atomic E-state index is 0.0175. The molecule has 0 aliphatic heterocycles. The number of amides is 4. The smallest absolute Gasteiger partial charge is 0.303 e. The van der Waals surface area contributed by atoms with Gasteiger partial charge in [0, 0.05) is 31.4 Å². The summed E-state index contributed by atoms with van der Waals surface area (Å²) >= 11 is 0. The predicted molar refractivity (Wildman–Crippen MR) is 218 cm³/mol. The van der Waals surface area contributed by atoms with Crippen molar-refractivity contribution < 1.29 is 59.8 Å². The average molecular weight is 861 g/mol. The molecule has 330 valence electrons. The molecule has 0 fully saturated rings. The van der Waals surface area contributed by atoms with Crippen molar-refractivity contribution in [2.75, 3.05) is 18.1 Å². The molecule has 0 bridgehead atoms. The summed E-state index contributed by atoms with van der Waals surface area (Å²) in [6.45, 7) is 2.12. The number of Topliss-reactive ketones (excluding diaryl/α,β-unsaturated/α-hetero) is 1. The Hall–Kier alpha value is -3.94. The van der Waals surface area contributed by atoms with E-state index in [1.807, 2.05) is 6.92 Å². The molecule has 0 saturated carbocycles. The number of carboxylic acid groups (broad SMARTS) is 1. The summed E-state index contributed by atoms with van der Waals surface area (Å²) in [7, 11) is -9.72. The molecule has 0 saturated heterocycles. The van der Waals surface area contributed by atoms with Crippen molar-refractivity contribution in [2.45, 2.75) is 147 Å². The normalized spacial score (nSPS) is 13.2. The summed E-state index contributed by atoms with van der Waals surface area (Å²) in [5, 5.41) is 15.9. The van der Waals surface area contributed by atoms with Gasteiger partial charge in [0.2, 0.25) is 17.7 Å². The van der Waals surface area contributed by atoms with Gasteiger partial charge in [-0.15, -0.1) is 0 Å². The van der Waals surface area contributed by atoms with Gasteiger partial charge < -0.3 is 26.8 Å². The maximum atomic E-state index is 13.2. The molecule has 0 aliphatic carbocycles. The van der Waals surface area contributed by atoms with Gasteiger partial charge in [-0.3, -0.25) is 37.9 Å². The Kier molecular flexibility index (Phi) is 25.6. The number of nitrogens with two attached hydrogens (primary N) is 1. The molecule has 0 spiro atoms. The number of nitrogens with one attached hydrogen (secondary N) is 3. The number of benzene rings is 1. The predicted octanol–water partition coefficient (Wildman–Crippen LogP) is 4.03. The van der Waals surface area contributed by atoms with Crippen LogP contribution in [-0.4, -0.2) is 96.6 Å². The zero-order chi connectivity index (χ0) is 43.6. The van der Waals surface area contributed by atoms with Crippen LogP contribution < -0.4 is 21.7 Å². The third-order valence-electron chi connectivity index (χ3n) is 9.55. The molecule has 17 nitrogen and oxygen atoms in total. The van der Waals surface area contributed by atoms with Gasteiger partial charge in [-0.05, 0) is 51.2 Å². The lowest BCUT2D eigenvalue weighted by Crippen LogP contribution is -2.50. The topological polar surface area (TPSA) is 293 Å². The lowest BCUT2D eigenvalue weighted by Gasteiger charge is -2.22. The Morgan fingerprint density at radius 2 is 1.12 bits per heavy atom. The average Bonchev–Trinajstić information content (AvgIpc) is 3.12. The molecule has 8 N–H and O–H groups in total. The van der Waals surface area contributed by atoms with E-state index in [9.17, 15) is 54.7 Å². The number of hydrogen-bond acceptors (Lipinski definition) is 10. The van der Waals surface area contributed by atoms with Gasteiger partial charge in [-0.2, -0.15) is 16.8 Å². The van der Waals surface area contributed by atoms with Crippen molar-refractivity contribution in [1.82, 2.24) is 16.0 Å². The van der Waals surface area contributed by atoms with Crippen LogP contribution in [0.3, 0.4) is 0 Å². The van der Waals surface area contributed by atoms with Gasteiger partial charge in [0.15, 0.2) is 5.78 Å². The number of unbranched alkanes of at least 4 members (excludes halogenated alkanes) is 14. The highest BCUT2D eigenvalue weighted by atomic mass is 32.2. The first-order valence-electron chi connectivity index (χ1n) is 20.2. The van der Waals surface area contributed by atoms with Gasteiger partial charge in [0.05, 0.1) is 11.7 Å². The number of aryl methyl sites for hydroxylation is 1. The SMILES string of the molecule is Cc1ccc(C(=O)NCCCC[C@H](NC(=O)[C@@H](CC(=O)[C@H](CS(=O)(=O)O)NC(=O)CCCCCCCCCCCCCCCCC(=O)O)CS(=O)(=O)O)C(N)=O)cc1. The molecule has 1 aromatic rings. The van der Waals surface area contributed by atoms with E-state index in [1.54, 1.807) is 24.3 Å². The maximum absolute atomic E-state index is 13.2. The number of carboxylic acids is 1. The van der Waals surface area contributed by atoms with Crippen LogP contribution in [0.2, 0.25) is 0 Å². The molecule has 1 rings (SSSR count). The Balaban J connectivity index is 2.58. The van der Waals surface area contributed by atoms with E-state index in [0.717, 1.165) is 82.6 Å². The van der Waals surface area contributed by atoms with Crippen molar-refractivity contribution in [3.8, 4) is 0 Å². The number of ketones is 1. The van der Waals surface area contributed by atoms with Crippen molar-refractivity contribution in [3.63, 3.8) is 0 Å². The quantitative estimate of drug-likeness (QED) is 0.0381. The van der Waals surface area contributed by atoms with Crippen LogP contribution in [0.1, 0.15) is 144 Å². The summed E-state index contributed by atoms with van der Waals surface area (Å²) in [5.41, 5.74) is 6.90. The first-order chi connectivity index (χ1) is 27.3. The highest BCUT2D eigenvalue weighted by Crippen LogP contribution is 2.16. The lowest BCUT2D eigenvalue weighted by atomic mass is 9.98. The number of carbonyl (C=O) groups excluding carboxylic acids is 5. The van der Waals surface area contributed by atoms with Gasteiger partial charge in [-0.1, -0.05) is 94.7 Å². The van der Waals surface area contributed by atoms with Gasteiger partial charge in [-0.25, -0.2) is 0 Å².